The van der Waals surface area contributed by atoms with Crippen molar-refractivity contribution >= 4 is 33.0 Å². The summed E-state index contributed by atoms with van der Waals surface area (Å²) in [6, 6.07) is 43.8. The number of para-hydroxylation sites is 2. The van der Waals surface area contributed by atoms with Crippen LogP contribution in [0.1, 0.15) is 0 Å². The third kappa shape index (κ3) is 4.05. The van der Waals surface area contributed by atoms with E-state index in [0.717, 1.165) is 77.7 Å². The van der Waals surface area contributed by atoms with Gasteiger partial charge in [-0.15, -0.1) is 0 Å². The lowest BCUT2D eigenvalue weighted by Gasteiger charge is -2.12. The lowest BCUT2D eigenvalue weighted by molar-refractivity contribution is 0.670. The zero-order valence-corrected chi connectivity index (χ0v) is 22.0. The van der Waals surface area contributed by atoms with Gasteiger partial charge >= 0.3 is 0 Å². The number of hydrogen-bond donors (Lipinski definition) is 0. The Hall–Kier alpha value is -5.61. The molecule has 0 spiro atoms. The highest BCUT2D eigenvalue weighted by molar-refractivity contribution is 6.09. The normalized spacial score (nSPS) is 11.4. The van der Waals surface area contributed by atoms with Crippen molar-refractivity contribution in [3.05, 3.63) is 140 Å². The summed E-state index contributed by atoms with van der Waals surface area (Å²) in [6.45, 7) is 0. The van der Waals surface area contributed by atoms with E-state index in [1.165, 1.54) is 0 Å². The summed E-state index contributed by atoms with van der Waals surface area (Å²) in [5, 5.41) is 2.25. The maximum atomic E-state index is 6.30. The smallest absolute Gasteiger partial charge is 0.143 e. The van der Waals surface area contributed by atoms with Crippen LogP contribution in [0.2, 0.25) is 0 Å². The topological polar surface area (TPSA) is 51.8 Å². The molecule has 8 rings (SSSR count). The zero-order chi connectivity index (χ0) is 27.2. The summed E-state index contributed by atoms with van der Waals surface area (Å²) >= 11 is 0. The zero-order valence-electron chi connectivity index (χ0n) is 22.0. The number of pyridine rings is 1. The molecule has 0 saturated carbocycles. The van der Waals surface area contributed by atoms with Gasteiger partial charge in [-0.1, -0.05) is 109 Å². The molecular formula is C37H23N3O. The highest BCUT2D eigenvalue weighted by atomic mass is 16.3. The maximum absolute atomic E-state index is 6.30. The second-order valence-electron chi connectivity index (χ2n) is 10.1. The molecule has 8 aromatic rings. The van der Waals surface area contributed by atoms with Crippen molar-refractivity contribution in [3.63, 3.8) is 0 Å². The predicted molar refractivity (Wildman–Crippen MR) is 166 cm³/mol. The molecular weight excluding hydrogens is 502 g/mol. The van der Waals surface area contributed by atoms with Gasteiger partial charge in [0.25, 0.3) is 0 Å². The van der Waals surface area contributed by atoms with Crippen LogP contribution >= 0.6 is 0 Å². The Morgan fingerprint density at radius 3 is 2.05 bits per heavy atom. The quantitative estimate of drug-likeness (QED) is 0.230. The van der Waals surface area contributed by atoms with Crippen molar-refractivity contribution in [3.8, 4) is 44.8 Å². The SMILES string of the molecule is c1ccc(-c2cccc(-c3nc4cnccc4nc3-c3ccc(-c4cccc5c4oc4ccccc45)cc3)c2)cc1. The Labute approximate surface area is 236 Å². The van der Waals surface area contributed by atoms with Crippen LogP contribution in [0.3, 0.4) is 0 Å². The average molecular weight is 526 g/mol. The van der Waals surface area contributed by atoms with E-state index >= 15 is 0 Å². The van der Waals surface area contributed by atoms with E-state index in [1.807, 2.05) is 30.3 Å². The van der Waals surface area contributed by atoms with E-state index < -0.39 is 0 Å². The lowest BCUT2D eigenvalue weighted by Crippen LogP contribution is -1.96. The van der Waals surface area contributed by atoms with Crippen LogP contribution in [0, 0.1) is 0 Å². The number of aromatic nitrogens is 3. The minimum Gasteiger partial charge on any atom is -0.455 e. The molecule has 0 radical (unpaired) electrons. The van der Waals surface area contributed by atoms with E-state index in [-0.39, 0.29) is 0 Å². The number of fused-ring (bicyclic) bond motifs is 4. The van der Waals surface area contributed by atoms with Gasteiger partial charge in [-0.25, -0.2) is 9.97 Å². The van der Waals surface area contributed by atoms with Crippen molar-refractivity contribution in [2.24, 2.45) is 0 Å². The molecule has 41 heavy (non-hydrogen) atoms. The molecule has 0 aliphatic carbocycles. The van der Waals surface area contributed by atoms with Crippen LogP contribution in [0.4, 0.5) is 0 Å². The molecule has 0 aliphatic rings. The van der Waals surface area contributed by atoms with Crippen molar-refractivity contribution in [2.75, 3.05) is 0 Å². The third-order valence-corrected chi connectivity index (χ3v) is 7.58. The number of nitrogens with zero attached hydrogens (tertiary/aromatic N) is 3. The number of furan rings is 1. The first-order valence-electron chi connectivity index (χ1n) is 13.6. The third-order valence-electron chi connectivity index (χ3n) is 7.58. The van der Waals surface area contributed by atoms with Gasteiger partial charge in [0, 0.05) is 33.7 Å². The summed E-state index contributed by atoms with van der Waals surface area (Å²) in [6.07, 6.45) is 3.53. The average Bonchev–Trinajstić information content (AvgIpc) is 3.44. The standard InChI is InChI=1S/C37H23N3O/c1-2-8-24(9-3-1)27-10-6-11-28(22-27)36-35(39-32-20-21-38-23-33(32)40-36)26-18-16-25(17-19-26)29-13-7-14-31-30-12-4-5-15-34(30)41-37(29)31/h1-23H. The molecule has 192 valence electrons. The monoisotopic (exact) mass is 525 g/mol. The summed E-state index contributed by atoms with van der Waals surface area (Å²) in [7, 11) is 0. The largest absolute Gasteiger partial charge is 0.455 e. The van der Waals surface area contributed by atoms with Gasteiger partial charge in [-0.3, -0.25) is 4.98 Å². The fourth-order valence-electron chi connectivity index (χ4n) is 5.57. The highest BCUT2D eigenvalue weighted by Gasteiger charge is 2.16. The highest BCUT2D eigenvalue weighted by Crippen LogP contribution is 2.38. The van der Waals surface area contributed by atoms with Crippen LogP contribution in [0.25, 0.3) is 77.7 Å². The predicted octanol–water partition coefficient (Wildman–Crippen LogP) is 9.59. The number of benzene rings is 5. The molecule has 4 nitrogen and oxygen atoms in total. The van der Waals surface area contributed by atoms with Crippen LogP contribution in [-0.2, 0) is 0 Å². The second-order valence-corrected chi connectivity index (χ2v) is 10.1. The Morgan fingerprint density at radius 2 is 1.15 bits per heavy atom. The van der Waals surface area contributed by atoms with Crippen molar-refractivity contribution < 1.29 is 4.42 Å². The molecule has 0 saturated heterocycles. The summed E-state index contributed by atoms with van der Waals surface area (Å²) in [5.74, 6) is 0. The first-order chi connectivity index (χ1) is 20.3. The molecule has 5 aromatic carbocycles. The molecule has 0 aliphatic heterocycles. The van der Waals surface area contributed by atoms with Gasteiger partial charge in [-0.2, -0.15) is 0 Å². The van der Waals surface area contributed by atoms with Gasteiger partial charge in [0.2, 0.25) is 0 Å². The fourth-order valence-corrected chi connectivity index (χ4v) is 5.57. The summed E-state index contributed by atoms with van der Waals surface area (Å²) in [4.78, 5) is 14.4. The first kappa shape index (κ1) is 23.3. The molecule has 0 amide bonds. The van der Waals surface area contributed by atoms with Gasteiger partial charge in [-0.05, 0) is 34.9 Å². The lowest BCUT2D eigenvalue weighted by atomic mass is 9.97. The van der Waals surface area contributed by atoms with Crippen molar-refractivity contribution in [2.45, 2.75) is 0 Å². The molecule has 0 fully saturated rings. The van der Waals surface area contributed by atoms with Gasteiger partial charge in [0.05, 0.1) is 23.1 Å². The Balaban J connectivity index is 1.26. The summed E-state index contributed by atoms with van der Waals surface area (Å²) in [5.41, 5.74) is 11.5. The van der Waals surface area contributed by atoms with E-state index in [1.54, 1.807) is 12.4 Å². The van der Waals surface area contributed by atoms with E-state index in [0.29, 0.717) is 0 Å². The maximum Gasteiger partial charge on any atom is 0.143 e. The molecule has 3 aromatic heterocycles. The van der Waals surface area contributed by atoms with Gasteiger partial charge < -0.3 is 4.42 Å². The van der Waals surface area contributed by atoms with Gasteiger partial charge in [0.15, 0.2) is 0 Å². The van der Waals surface area contributed by atoms with E-state index in [4.69, 9.17) is 14.4 Å². The van der Waals surface area contributed by atoms with E-state index in [9.17, 15) is 0 Å². The number of hydrogen-bond acceptors (Lipinski definition) is 4. The minimum atomic E-state index is 0.768. The Bertz CT molecular complexity index is 2200. The minimum absolute atomic E-state index is 0.768. The van der Waals surface area contributed by atoms with E-state index in [2.05, 4.69) is 102 Å². The second kappa shape index (κ2) is 9.54. The van der Waals surface area contributed by atoms with Crippen LogP contribution in [-0.4, -0.2) is 15.0 Å². The van der Waals surface area contributed by atoms with Crippen LogP contribution < -0.4 is 0 Å². The Kier molecular flexibility index (Phi) is 5.42. The molecule has 0 unspecified atom stereocenters. The molecule has 0 N–H and O–H groups in total. The summed E-state index contributed by atoms with van der Waals surface area (Å²) < 4.78 is 6.30. The van der Waals surface area contributed by atoms with Crippen molar-refractivity contribution in [1.29, 1.82) is 0 Å². The molecule has 0 bridgehead atoms. The van der Waals surface area contributed by atoms with Crippen LogP contribution in [0.15, 0.2) is 144 Å². The first-order valence-corrected chi connectivity index (χ1v) is 13.6. The van der Waals surface area contributed by atoms with Crippen LogP contribution in [0.5, 0.6) is 0 Å². The van der Waals surface area contributed by atoms with Gasteiger partial charge in [0.1, 0.15) is 16.7 Å². The fraction of sp³-hybridized carbons (Fsp3) is 0. The molecule has 4 heteroatoms. The Morgan fingerprint density at radius 1 is 0.463 bits per heavy atom. The molecule has 0 atom stereocenters. The number of rotatable bonds is 4. The molecule has 3 heterocycles. The van der Waals surface area contributed by atoms with Crippen molar-refractivity contribution in [1.82, 2.24) is 15.0 Å².